The zero-order valence-electron chi connectivity index (χ0n) is 16.2. The number of hydrogen-bond donors (Lipinski definition) is 1. The lowest BCUT2D eigenvalue weighted by atomic mass is 9.94. The highest BCUT2D eigenvalue weighted by molar-refractivity contribution is 7.80. The van der Waals surface area contributed by atoms with Crippen molar-refractivity contribution in [1.29, 1.82) is 0 Å². The Hall–Kier alpha value is -3.00. The van der Waals surface area contributed by atoms with Gasteiger partial charge in [-0.25, -0.2) is 13.6 Å². The highest BCUT2D eigenvalue weighted by Gasteiger charge is 2.37. The molecule has 29 heavy (non-hydrogen) atoms. The number of carbonyl (C=O) groups is 1. The van der Waals surface area contributed by atoms with Gasteiger partial charge in [-0.2, -0.15) is 0 Å². The van der Waals surface area contributed by atoms with Crippen LogP contribution in [0.4, 0.5) is 14.5 Å². The lowest BCUT2D eigenvalue weighted by molar-refractivity contribution is -0.139. The molecule has 0 bridgehead atoms. The van der Waals surface area contributed by atoms with Gasteiger partial charge in [-0.15, -0.1) is 0 Å². The number of para-hydroxylation sites is 2. The van der Waals surface area contributed by atoms with E-state index in [-0.39, 0.29) is 22.9 Å². The second kappa shape index (κ2) is 8.57. The van der Waals surface area contributed by atoms with Crippen molar-refractivity contribution < 1.29 is 23.0 Å². The molecule has 8 heteroatoms. The maximum Gasteiger partial charge on any atom is 0.338 e. The van der Waals surface area contributed by atoms with Gasteiger partial charge in [-0.05, 0) is 44.3 Å². The molecule has 0 saturated heterocycles. The number of benzene rings is 2. The summed E-state index contributed by atoms with van der Waals surface area (Å²) in [6.45, 7) is 3.52. The Morgan fingerprint density at radius 1 is 1.24 bits per heavy atom. The first-order chi connectivity index (χ1) is 13.9. The number of nitrogens with one attached hydrogen (secondary N) is 1. The van der Waals surface area contributed by atoms with Crippen molar-refractivity contribution in [2.24, 2.45) is 0 Å². The van der Waals surface area contributed by atoms with Crippen LogP contribution < -0.4 is 15.0 Å². The topological polar surface area (TPSA) is 50.8 Å². The van der Waals surface area contributed by atoms with Crippen molar-refractivity contribution in [1.82, 2.24) is 5.32 Å². The Bertz CT molecular complexity index is 994. The van der Waals surface area contributed by atoms with Gasteiger partial charge in [0.25, 0.3) is 0 Å². The summed E-state index contributed by atoms with van der Waals surface area (Å²) in [5, 5.41) is 3.24. The second-order valence-corrected chi connectivity index (χ2v) is 6.66. The van der Waals surface area contributed by atoms with Crippen molar-refractivity contribution >= 4 is 29.0 Å². The molecule has 5 nitrogen and oxygen atoms in total. The average Bonchev–Trinajstić information content (AvgIpc) is 2.68. The van der Waals surface area contributed by atoms with Gasteiger partial charge < -0.3 is 14.8 Å². The summed E-state index contributed by atoms with van der Waals surface area (Å²) in [6, 6.07) is 9.44. The largest absolute Gasteiger partial charge is 0.495 e. The summed E-state index contributed by atoms with van der Waals surface area (Å²) in [5.41, 5.74) is 1.35. The Balaban J connectivity index is 2.19. The molecule has 1 aliphatic rings. The second-order valence-electron chi connectivity index (χ2n) is 6.28. The van der Waals surface area contributed by atoms with Crippen LogP contribution in [0.15, 0.2) is 53.7 Å². The average molecular weight is 418 g/mol. The highest BCUT2D eigenvalue weighted by atomic mass is 32.1. The molecular formula is C21H20F2N2O3S. The molecule has 0 radical (unpaired) electrons. The molecule has 1 heterocycles. The van der Waals surface area contributed by atoms with Gasteiger partial charge in [0.1, 0.15) is 17.4 Å². The van der Waals surface area contributed by atoms with Gasteiger partial charge in [-0.1, -0.05) is 18.2 Å². The highest BCUT2D eigenvalue weighted by Crippen LogP contribution is 2.38. The Morgan fingerprint density at radius 3 is 2.62 bits per heavy atom. The van der Waals surface area contributed by atoms with E-state index in [1.165, 1.54) is 13.2 Å². The molecule has 152 valence electrons. The molecule has 1 N–H and O–H groups in total. The van der Waals surface area contributed by atoms with Crippen molar-refractivity contribution in [2.75, 3.05) is 18.6 Å². The van der Waals surface area contributed by atoms with Crippen LogP contribution in [0.2, 0.25) is 0 Å². The zero-order chi connectivity index (χ0) is 21.1. The third kappa shape index (κ3) is 3.93. The minimum absolute atomic E-state index is 0.0934. The van der Waals surface area contributed by atoms with E-state index in [2.05, 4.69) is 5.32 Å². The van der Waals surface area contributed by atoms with E-state index in [1.807, 2.05) is 12.1 Å². The summed E-state index contributed by atoms with van der Waals surface area (Å²) in [4.78, 5) is 14.4. The minimum atomic E-state index is -0.923. The monoisotopic (exact) mass is 418 g/mol. The van der Waals surface area contributed by atoms with Crippen molar-refractivity contribution in [2.45, 2.75) is 19.9 Å². The lowest BCUT2D eigenvalue weighted by Gasteiger charge is -2.38. The van der Waals surface area contributed by atoms with Crippen LogP contribution in [0, 0.1) is 11.6 Å². The molecule has 0 saturated carbocycles. The first kappa shape index (κ1) is 20.7. The van der Waals surface area contributed by atoms with Gasteiger partial charge in [0, 0.05) is 17.3 Å². The number of nitrogens with zero attached hydrogens (tertiary/aromatic N) is 1. The fourth-order valence-corrected chi connectivity index (χ4v) is 3.64. The normalized spacial score (nSPS) is 16.5. The first-order valence-electron chi connectivity index (χ1n) is 8.95. The van der Waals surface area contributed by atoms with E-state index in [4.69, 9.17) is 21.7 Å². The van der Waals surface area contributed by atoms with Crippen LogP contribution in [-0.4, -0.2) is 24.8 Å². The molecular weight excluding hydrogens is 398 g/mol. The summed E-state index contributed by atoms with van der Waals surface area (Å²) in [7, 11) is 1.53. The van der Waals surface area contributed by atoms with Gasteiger partial charge in [0.2, 0.25) is 0 Å². The fourth-order valence-electron chi connectivity index (χ4n) is 3.29. The third-order valence-corrected chi connectivity index (χ3v) is 4.88. The molecule has 0 fully saturated rings. The number of rotatable bonds is 5. The minimum Gasteiger partial charge on any atom is -0.495 e. The van der Waals surface area contributed by atoms with Crippen LogP contribution in [0.1, 0.15) is 25.5 Å². The van der Waals surface area contributed by atoms with Gasteiger partial charge in [0.15, 0.2) is 5.11 Å². The third-order valence-electron chi connectivity index (χ3n) is 4.58. The maximum atomic E-state index is 14.5. The van der Waals surface area contributed by atoms with E-state index in [1.54, 1.807) is 30.9 Å². The van der Waals surface area contributed by atoms with Gasteiger partial charge in [-0.3, -0.25) is 4.90 Å². The molecule has 0 spiro atoms. The number of carbonyl (C=O) groups excluding carboxylic acids is 1. The number of halogens is 2. The summed E-state index contributed by atoms with van der Waals surface area (Å²) >= 11 is 5.52. The van der Waals surface area contributed by atoms with Crippen molar-refractivity contribution in [3.63, 3.8) is 0 Å². The van der Waals surface area contributed by atoms with Crippen LogP contribution >= 0.6 is 12.2 Å². The van der Waals surface area contributed by atoms with E-state index in [9.17, 15) is 13.6 Å². The molecule has 0 unspecified atom stereocenters. The molecule has 2 aromatic carbocycles. The molecule has 0 amide bonds. The van der Waals surface area contributed by atoms with Crippen LogP contribution in [0.3, 0.4) is 0 Å². The first-order valence-corrected chi connectivity index (χ1v) is 9.36. The molecule has 3 rings (SSSR count). The molecule has 2 aromatic rings. The standard InChI is InChI=1S/C21H20F2N2O3S/c1-4-28-20(26)18-12(2)25(16-7-5-6-8-17(16)27-3)21(29)24-19(18)14-10-9-13(22)11-15(14)23/h5-11,19H,4H2,1-3H3,(H,24,29)/t19-/m1/s1. The van der Waals surface area contributed by atoms with Crippen LogP contribution in [0.5, 0.6) is 5.75 Å². The van der Waals surface area contributed by atoms with E-state index < -0.39 is 23.6 Å². The van der Waals surface area contributed by atoms with Gasteiger partial charge >= 0.3 is 5.97 Å². The Kier molecular flexibility index (Phi) is 6.12. The summed E-state index contributed by atoms with van der Waals surface area (Å²) in [6.07, 6.45) is 0. The molecule has 0 aromatic heterocycles. The SMILES string of the molecule is CCOC(=O)C1=C(C)N(c2ccccc2OC)C(=S)N[C@@H]1c1ccc(F)cc1F. The van der Waals surface area contributed by atoms with E-state index in [0.29, 0.717) is 17.1 Å². The number of allylic oxidation sites excluding steroid dienone is 1. The summed E-state index contributed by atoms with van der Waals surface area (Å²) < 4.78 is 38.5. The number of anilines is 1. The molecule has 1 atom stereocenters. The molecule has 0 aliphatic carbocycles. The smallest absolute Gasteiger partial charge is 0.338 e. The maximum absolute atomic E-state index is 14.5. The Labute approximate surface area is 172 Å². The van der Waals surface area contributed by atoms with Crippen LogP contribution in [-0.2, 0) is 9.53 Å². The zero-order valence-corrected chi connectivity index (χ0v) is 17.0. The summed E-state index contributed by atoms with van der Waals surface area (Å²) in [5.74, 6) is -1.57. The number of hydrogen-bond acceptors (Lipinski definition) is 4. The van der Waals surface area contributed by atoms with Crippen LogP contribution in [0.25, 0.3) is 0 Å². The van der Waals surface area contributed by atoms with Crippen molar-refractivity contribution in [3.8, 4) is 5.75 Å². The van der Waals surface area contributed by atoms with E-state index >= 15 is 0 Å². The Morgan fingerprint density at radius 2 is 1.97 bits per heavy atom. The molecule has 1 aliphatic heterocycles. The predicted octanol–water partition coefficient (Wildman–Crippen LogP) is 4.25. The number of ether oxygens (including phenoxy) is 2. The quantitative estimate of drug-likeness (QED) is 0.579. The number of thiocarbonyl (C=S) groups is 1. The lowest BCUT2D eigenvalue weighted by Crippen LogP contribution is -2.48. The predicted molar refractivity (Wildman–Crippen MR) is 110 cm³/mol. The van der Waals surface area contributed by atoms with Crippen molar-refractivity contribution in [3.05, 3.63) is 70.9 Å². The van der Waals surface area contributed by atoms with Gasteiger partial charge in [0.05, 0.1) is 31.0 Å². The number of methoxy groups -OCH3 is 1. The fraction of sp³-hybridized carbons (Fsp3) is 0.238. The number of esters is 1. The van der Waals surface area contributed by atoms with E-state index in [0.717, 1.165) is 12.1 Å².